The number of rotatable bonds is 5. The van der Waals surface area contributed by atoms with Crippen molar-refractivity contribution in [2.45, 2.75) is 13.5 Å². The molecule has 2 aromatic carbocycles. The smallest absolute Gasteiger partial charge is 0.335 e. The summed E-state index contributed by atoms with van der Waals surface area (Å²) in [6.45, 7) is 1.54. The highest BCUT2D eigenvalue weighted by Crippen LogP contribution is 2.35. The van der Waals surface area contributed by atoms with Gasteiger partial charge in [0.25, 0.3) is 11.1 Å². The summed E-state index contributed by atoms with van der Waals surface area (Å²) in [5, 5.41) is 8.80. The van der Waals surface area contributed by atoms with E-state index >= 15 is 0 Å². The van der Waals surface area contributed by atoms with Crippen molar-refractivity contribution in [1.29, 1.82) is 0 Å². The number of carbonyl (C=O) groups excluding carboxylic acids is 2. The highest BCUT2D eigenvalue weighted by molar-refractivity contribution is 8.18. The number of amides is 2. The first-order valence-electron chi connectivity index (χ1n) is 9.37. The van der Waals surface area contributed by atoms with Gasteiger partial charge in [0.05, 0.1) is 17.0 Å². The monoisotopic (exact) mass is 471 g/mol. The second-order valence-corrected chi connectivity index (χ2v) is 8.41. The van der Waals surface area contributed by atoms with Crippen molar-refractivity contribution in [1.82, 2.24) is 4.90 Å². The van der Waals surface area contributed by atoms with Crippen LogP contribution in [-0.2, 0) is 11.3 Å². The molecule has 1 N–H and O–H groups in total. The van der Waals surface area contributed by atoms with Gasteiger partial charge in [-0.15, -0.1) is 0 Å². The summed E-state index contributed by atoms with van der Waals surface area (Å²) in [7, 11) is 0. The van der Waals surface area contributed by atoms with Crippen LogP contribution in [0.15, 0.2) is 57.9 Å². The van der Waals surface area contributed by atoms with E-state index in [0.29, 0.717) is 17.1 Å². The molecular weight excluding hydrogens is 457 g/mol. The first kappa shape index (κ1) is 21.9. The zero-order valence-electron chi connectivity index (χ0n) is 16.6. The molecule has 0 aliphatic carbocycles. The molecule has 9 heteroatoms. The molecule has 1 saturated heterocycles. The van der Waals surface area contributed by atoms with Crippen LogP contribution in [0, 0.1) is 12.7 Å². The van der Waals surface area contributed by atoms with Crippen LogP contribution in [0.2, 0.25) is 5.02 Å². The maximum atomic E-state index is 14.1. The summed E-state index contributed by atoms with van der Waals surface area (Å²) >= 11 is 6.73. The van der Waals surface area contributed by atoms with Gasteiger partial charge in [-0.05, 0) is 60.6 Å². The van der Waals surface area contributed by atoms with Crippen molar-refractivity contribution in [3.63, 3.8) is 0 Å². The molecular formula is C23H15ClFNO5S. The van der Waals surface area contributed by atoms with Crippen LogP contribution in [0.1, 0.15) is 27.2 Å². The molecule has 162 valence electrons. The molecule has 2 heterocycles. The van der Waals surface area contributed by atoms with Crippen molar-refractivity contribution >= 4 is 46.6 Å². The molecule has 1 aliphatic heterocycles. The molecule has 0 radical (unpaired) electrons. The van der Waals surface area contributed by atoms with Crippen molar-refractivity contribution in [2.75, 3.05) is 0 Å². The van der Waals surface area contributed by atoms with Crippen molar-refractivity contribution in [3.8, 4) is 11.3 Å². The number of carboxylic acids is 1. The summed E-state index contributed by atoms with van der Waals surface area (Å²) in [6.07, 6.45) is 1.42. The topological polar surface area (TPSA) is 87.8 Å². The van der Waals surface area contributed by atoms with Crippen LogP contribution in [0.3, 0.4) is 0 Å². The third kappa shape index (κ3) is 4.19. The van der Waals surface area contributed by atoms with E-state index < -0.39 is 22.9 Å². The normalized spacial score (nSPS) is 15.1. The van der Waals surface area contributed by atoms with Crippen LogP contribution >= 0.6 is 23.4 Å². The van der Waals surface area contributed by atoms with Crippen LogP contribution in [0.5, 0.6) is 0 Å². The maximum Gasteiger partial charge on any atom is 0.335 e. The molecule has 3 aromatic rings. The fourth-order valence-electron chi connectivity index (χ4n) is 3.20. The Morgan fingerprint density at radius 2 is 2.00 bits per heavy atom. The van der Waals surface area contributed by atoms with Crippen molar-refractivity contribution in [3.05, 3.63) is 86.7 Å². The lowest BCUT2D eigenvalue weighted by Gasteiger charge is -2.14. The van der Waals surface area contributed by atoms with E-state index in [0.717, 1.165) is 22.2 Å². The number of carbonyl (C=O) groups is 3. The Hall–Kier alpha value is -3.36. The van der Waals surface area contributed by atoms with Gasteiger partial charge >= 0.3 is 5.97 Å². The molecule has 1 aromatic heterocycles. The number of hydrogen-bond acceptors (Lipinski definition) is 5. The number of aromatic carboxylic acids is 1. The zero-order chi connectivity index (χ0) is 23.0. The number of hydrogen-bond donors (Lipinski definition) is 1. The quantitative estimate of drug-likeness (QED) is 0.460. The van der Waals surface area contributed by atoms with Crippen LogP contribution in [0.4, 0.5) is 9.18 Å². The Bertz CT molecular complexity index is 1280. The lowest BCUT2D eigenvalue weighted by molar-refractivity contribution is -0.123. The third-order valence-electron chi connectivity index (χ3n) is 4.90. The molecule has 0 unspecified atom stereocenters. The minimum Gasteiger partial charge on any atom is -0.478 e. The molecule has 0 spiro atoms. The maximum absolute atomic E-state index is 14.1. The number of nitrogens with zero attached hydrogens (tertiary/aromatic N) is 1. The first-order valence-corrected chi connectivity index (χ1v) is 10.6. The molecule has 1 aliphatic rings. The molecule has 0 saturated carbocycles. The van der Waals surface area contributed by atoms with E-state index in [9.17, 15) is 23.9 Å². The molecule has 1 fully saturated rings. The number of furan rings is 1. The number of halogens is 2. The van der Waals surface area contributed by atoms with Crippen molar-refractivity contribution < 1.29 is 28.3 Å². The van der Waals surface area contributed by atoms with E-state index in [4.69, 9.17) is 16.0 Å². The average Bonchev–Trinajstić information content (AvgIpc) is 3.30. The van der Waals surface area contributed by atoms with E-state index in [1.165, 1.54) is 36.4 Å². The van der Waals surface area contributed by atoms with Crippen LogP contribution < -0.4 is 0 Å². The third-order valence-corrected chi connectivity index (χ3v) is 6.16. The number of aryl methyl sites for hydroxylation is 1. The Morgan fingerprint density at radius 1 is 1.22 bits per heavy atom. The molecule has 32 heavy (non-hydrogen) atoms. The van der Waals surface area contributed by atoms with E-state index in [1.54, 1.807) is 18.2 Å². The second kappa shape index (κ2) is 8.64. The lowest BCUT2D eigenvalue weighted by atomic mass is 10.0. The van der Waals surface area contributed by atoms with Gasteiger partial charge in [-0.1, -0.05) is 23.7 Å². The van der Waals surface area contributed by atoms with E-state index in [-0.39, 0.29) is 27.6 Å². The fraction of sp³-hybridized carbons (Fsp3) is 0.0870. The summed E-state index contributed by atoms with van der Waals surface area (Å²) < 4.78 is 19.8. The SMILES string of the molecule is Cc1ccc(C(=O)O)cc1-c1ccc(/C=C2\SC(=O)N(Cc3c(F)cccc3Cl)C2=O)o1. The Balaban J connectivity index is 1.59. The first-order chi connectivity index (χ1) is 15.2. The minimum absolute atomic E-state index is 0.0618. The van der Waals surface area contributed by atoms with Crippen molar-refractivity contribution in [2.24, 2.45) is 0 Å². The van der Waals surface area contributed by atoms with Gasteiger partial charge in [0.15, 0.2) is 0 Å². The van der Waals surface area contributed by atoms with Crippen LogP contribution in [0.25, 0.3) is 17.4 Å². The number of carboxylic acid groups (broad SMARTS) is 1. The highest BCUT2D eigenvalue weighted by atomic mass is 35.5. The zero-order valence-corrected chi connectivity index (χ0v) is 18.2. The largest absolute Gasteiger partial charge is 0.478 e. The highest BCUT2D eigenvalue weighted by Gasteiger charge is 2.36. The summed E-state index contributed by atoms with van der Waals surface area (Å²) in [6, 6.07) is 12.1. The summed E-state index contributed by atoms with van der Waals surface area (Å²) in [4.78, 5) is 37.4. The van der Waals surface area contributed by atoms with E-state index in [2.05, 4.69) is 0 Å². The standard InChI is InChI=1S/C23H15ClFNO5S/c1-12-5-6-13(22(28)29)9-15(12)19-8-7-14(31-19)10-20-21(27)26(23(30)32-20)11-16-17(24)3-2-4-18(16)25/h2-10H,11H2,1H3,(H,28,29)/b20-10-. The fourth-order valence-corrected chi connectivity index (χ4v) is 4.24. The molecule has 0 atom stereocenters. The van der Waals surface area contributed by atoms with Gasteiger partial charge < -0.3 is 9.52 Å². The average molecular weight is 472 g/mol. The van der Waals surface area contributed by atoms with Gasteiger partial charge in [0.1, 0.15) is 17.3 Å². The summed E-state index contributed by atoms with van der Waals surface area (Å²) in [5.41, 5.74) is 1.60. The van der Waals surface area contributed by atoms with Gasteiger partial charge in [0, 0.05) is 22.2 Å². The predicted octanol–water partition coefficient (Wildman–Crippen LogP) is 5.98. The van der Waals surface area contributed by atoms with Gasteiger partial charge in [-0.2, -0.15) is 0 Å². The van der Waals surface area contributed by atoms with Gasteiger partial charge in [-0.3, -0.25) is 14.5 Å². The Kier molecular flexibility index (Phi) is 5.90. The van der Waals surface area contributed by atoms with Gasteiger partial charge in [-0.25, -0.2) is 9.18 Å². The summed E-state index contributed by atoms with van der Waals surface area (Å²) in [5.74, 6) is -1.50. The molecule has 2 amide bonds. The predicted molar refractivity (Wildman–Crippen MR) is 119 cm³/mol. The van der Waals surface area contributed by atoms with E-state index in [1.807, 2.05) is 6.92 Å². The number of imide groups is 1. The Morgan fingerprint density at radius 3 is 2.72 bits per heavy atom. The lowest BCUT2D eigenvalue weighted by Crippen LogP contribution is -2.28. The molecule has 6 nitrogen and oxygen atoms in total. The number of thioether (sulfide) groups is 1. The Labute approximate surface area is 191 Å². The van der Waals surface area contributed by atoms with Crippen LogP contribution in [-0.4, -0.2) is 27.1 Å². The second-order valence-electron chi connectivity index (χ2n) is 7.00. The number of benzene rings is 2. The van der Waals surface area contributed by atoms with Gasteiger partial charge in [0.2, 0.25) is 0 Å². The molecule has 4 rings (SSSR count). The molecule has 0 bridgehead atoms. The minimum atomic E-state index is -1.05.